The van der Waals surface area contributed by atoms with Crippen molar-refractivity contribution in [3.8, 4) is 16.9 Å². The van der Waals surface area contributed by atoms with Crippen LogP contribution < -0.4 is 15.0 Å². The average Bonchev–Trinajstić information content (AvgIpc) is 2.83. The molecule has 0 saturated carbocycles. The Kier molecular flexibility index (Phi) is 5.74. The fourth-order valence-corrected chi connectivity index (χ4v) is 4.36. The largest absolute Gasteiger partial charge is 0.477 e. The summed E-state index contributed by atoms with van der Waals surface area (Å²) in [5.74, 6) is 0.223. The number of halogens is 1. The zero-order valence-corrected chi connectivity index (χ0v) is 18.1. The smallest absolute Gasteiger partial charge is 0.210 e. The number of aliphatic hydroxyl groups excluding tert-OH is 1. The third-order valence-electron chi connectivity index (χ3n) is 5.78. The van der Waals surface area contributed by atoms with Crippen LogP contribution in [0, 0.1) is 0 Å². The van der Waals surface area contributed by atoms with Crippen molar-refractivity contribution in [1.29, 1.82) is 0 Å². The zero-order chi connectivity index (χ0) is 22.1. The summed E-state index contributed by atoms with van der Waals surface area (Å²) in [5.41, 5.74) is 3.73. The maximum Gasteiger partial charge on any atom is 0.210 e. The highest BCUT2D eigenvalue weighted by Gasteiger charge is 2.37. The first kappa shape index (κ1) is 20.8. The van der Waals surface area contributed by atoms with Crippen molar-refractivity contribution in [2.24, 2.45) is 0 Å². The minimum absolute atomic E-state index is 0.294. The minimum Gasteiger partial charge on any atom is -0.477 e. The number of nitrogens with one attached hydrogen (secondary N) is 1. The molecule has 5 rings (SSSR count). The molecule has 6 nitrogen and oxygen atoms in total. The Hall–Kier alpha value is -3.06. The van der Waals surface area contributed by atoms with Crippen LogP contribution in [0.2, 0.25) is 5.02 Å². The summed E-state index contributed by atoms with van der Waals surface area (Å²) in [6, 6.07) is 20.6. The highest BCUT2D eigenvalue weighted by molar-refractivity contribution is 6.34. The maximum absolute atomic E-state index is 13.2. The van der Waals surface area contributed by atoms with Crippen LogP contribution >= 0.6 is 11.6 Å². The van der Waals surface area contributed by atoms with Gasteiger partial charge in [0.2, 0.25) is 11.9 Å². The monoisotopic (exact) mass is 450 g/mol. The molecule has 32 heavy (non-hydrogen) atoms. The Bertz CT molecular complexity index is 1110. The van der Waals surface area contributed by atoms with Crippen LogP contribution in [0.5, 0.6) is 5.75 Å². The van der Waals surface area contributed by atoms with Crippen LogP contribution in [-0.4, -0.2) is 49.5 Å². The third-order valence-corrected chi connectivity index (χ3v) is 6.09. The first-order valence-corrected chi connectivity index (χ1v) is 10.9. The number of benzene rings is 3. The number of morpholine rings is 1. The molecular weight excluding hydrogens is 428 g/mol. The van der Waals surface area contributed by atoms with Gasteiger partial charge in [0.1, 0.15) is 5.75 Å². The number of carbonyl (C=O) groups is 1. The van der Waals surface area contributed by atoms with Crippen LogP contribution in [-0.2, 0) is 4.74 Å². The lowest BCUT2D eigenvalue weighted by molar-refractivity contribution is 0.0400. The molecule has 7 heteroatoms. The summed E-state index contributed by atoms with van der Waals surface area (Å²) < 4.78 is 11.2. The Morgan fingerprint density at radius 1 is 1.00 bits per heavy atom. The molecule has 164 valence electrons. The van der Waals surface area contributed by atoms with Crippen LogP contribution in [0.15, 0.2) is 66.7 Å². The van der Waals surface area contributed by atoms with Gasteiger partial charge >= 0.3 is 0 Å². The number of fused-ring (bicyclic) bond motifs is 1. The molecule has 0 aliphatic carbocycles. The standard InChI is InChI=1S/C25H23ClN2O4/c26-21-15-22-20(23(29)24(25(30)27-22)32-18-4-2-1-3-5-18)14-19(21)16-6-8-17(9-7-16)28-10-12-31-13-11-28/h1-9,14-15,24-25,27,30H,10-13H2. The van der Waals surface area contributed by atoms with Gasteiger partial charge in [-0.25, -0.2) is 0 Å². The number of rotatable bonds is 4. The zero-order valence-electron chi connectivity index (χ0n) is 17.3. The van der Waals surface area contributed by atoms with Gasteiger partial charge < -0.3 is 24.8 Å². The predicted octanol–water partition coefficient (Wildman–Crippen LogP) is 4.22. The molecule has 3 aromatic carbocycles. The summed E-state index contributed by atoms with van der Waals surface area (Å²) in [4.78, 5) is 15.5. The number of para-hydroxylation sites is 1. The molecule has 1 saturated heterocycles. The summed E-state index contributed by atoms with van der Waals surface area (Å²) >= 11 is 6.55. The van der Waals surface area contributed by atoms with E-state index in [1.165, 1.54) is 0 Å². The number of Topliss-reactive ketones (excluding diaryl/α,β-unsaturated/α-hetero) is 1. The molecule has 0 radical (unpaired) electrons. The van der Waals surface area contributed by atoms with Crippen molar-refractivity contribution < 1.29 is 19.4 Å². The van der Waals surface area contributed by atoms with E-state index in [1.54, 1.807) is 24.3 Å². The molecule has 2 aliphatic rings. The molecule has 2 aliphatic heterocycles. The second-order valence-corrected chi connectivity index (χ2v) is 8.24. The molecule has 1 fully saturated rings. The second kappa shape index (κ2) is 8.82. The molecule has 0 spiro atoms. The molecule has 0 bridgehead atoms. The summed E-state index contributed by atoms with van der Waals surface area (Å²) in [7, 11) is 0. The summed E-state index contributed by atoms with van der Waals surface area (Å²) in [5, 5.41) is 13.9. The molecular formula is C25H23ClN2O4. The van der Waals surface area contributed by atoms with Crippen molar-refractivity contribution in [1.82, 2.24) is 0 Å². The number of carbonyl (C=O) groups excluding carboxylic acids is 1. The van der Waals surface area contributed by atoms with Crippen LogP contribution in [0.3, 0.4) is 0 Å². The van der Waals surface area contributed by atoms with Crippen LogP contribution in [0.25, 0.3) is 11.1 Å². The van der Waals surface area contributed by atoms with Gasteiger partial charge in [-0.2, -0.15) is 0 Å². The number of hydrogen-bond acceptors (Lipinski definition) is 6. The van der Waals surface area contributed by atoms with Crippen molar-refractivity contribution >= 4 is 28.8 Å². The summed E-state index contributed by atoms with van der Waals surface area (Å²) in [6.07, 6.45) is -2.23. The van der Waals surface area contributed by atoms with E-state index in [0.717, 1.165) is 43.1 Å². The van der Waals surface area contributed by atoms with Crippen molar-refractivity contribution in [3.63, 3.8) is 0 Å². The molecule has 2 atom stereocenters. The van der Waals surface area contributed by atoms with Crippen molar-refractivity contribution in [2.45, 2.75) is 12.3 Å². The number of aliphatic hydroxyl groups is 1. The van der Waals surface area contributed by atoms with Crippen LogP contribution in [0.4, 0.5) is 11.4 Å². The third kappa shape index (κ3) is 4.05. The topological polar surface area (TPSA) is 71.0 Å². The highest BCUT2D eigenvalue weighted by atomic mass is 35.5. The molecule has 0 aromatic heterocycles. The van der Waals surface area contributed by atoms with Gasteiger partial charge in [-0.1, -0.05) is 41.9 Å². The maximum atomic E-state index is 13.2. The lowest BCUT2D eigenvalue weighted by Crippen LogP contribution is -2.47. The molecule has 3 aromatic rings. The Morgan fingerprint density at radius 3 is 2.44 bits per heavy atom. The number of hydrogen-bond donors (Lipinski definition) is 2. The second-order valence-electron chi connectivity index (χ2n) is 7.83. The van der Waals surface area contributed by atoms with Crippen LogP contribution in [0.1, 0.15) is 10.4 Å². The van der Waals surface area contributed by atoms with Gasteiger partial charge in [0.15, 0.2) is 6.23 Å². The normalized spacial score (nSPS) is 20.4. The van der Waals surface area contributed by atoms with E-state index in [-0.39, 0.29) is 5.78 Å². The number of ether oxygens (including phenoxy) is 2. The Labute approximate surface area is 191 Å². The van der Waals surface area contributed by atoms with Crippen molar-refractivity contribution in [2.75, 3.05) is 36.5 Å². The van der Waals surface area contributed by atoms with E-state index >= 15 is 0 Å². The average molecular weight is 451 g/mol. The number of nitrogens with zero attached hydrogens (tertiary/aromatic N) is 1. The van der Waals surface area contributed by atoms with Gasteiger partial charge in [0, 0.05) is 35.6 Å². The Balaban J connectivity index is 1.43. The fraction of sp³-hybridized carbons (Fsp3) is 0.240. The minimum atomic E-state index is -1.18. The van der Waals surface area contributed by atoms with E-state index in [1.807, 2.05) is 30.3 Å². The van der Waals surface area contributed by atoms with E-state index in [2.05, 4.69) is 22.3 Å². The predicted molar refractivity (Wildman–Crippen MR) is 125 cm³/mol. The molecule has 2 unspecified atom stereocenters. The van der Waals surface area contributed by atoms with Gasteiger partial charge in [-0.3, -0.25) is 4.79 Å². The quantitative estimate of drug-likeness (QED) is 0.620. The lowest BCUT2D eigenvalue weighted by Gasteiger charge is -2.31. The van der Waals surface area contributed by atoms with Gasteiger partial charge in [-0.05, 0) is 42.0 Å². The van der Waals surface area contributed by atoms with E-state index in [9.17, 15) is 9.90 Å². The number of anilines is 2. The lowest BCUT2D eigenvalue weighted by atomic mass is 9.94. The molecule has 0 amide bonds. The van der Waals surface area contributed by atoms with E-state index < -0.39 is 12.3 Å². The van der Waals surface area contributed by atoms with E-state index in [4.69, 9.17) is 21.1 Å². The Morgan fingerprint density at radius 2 is 1.72 bits per heavy atom. The molecule has 2 N–H and O–H groups in total. The van der Waals surface area contributed by atoms with Gasteiger partial charge in [0.05, 0.1) is 18.2 Å². The van der Waals surface area contributed by atoms with Crippen molar-refractivity contribution in [3.05, 3.63) is 77.3 Å². The number of ketones is 1. The van der Waals surface area contributed by atoms with Gasteiger partial charge in [-0.15, -0.1) is 0 Å². The van der Waals surface area contributed by atoms with E-state index in [0.29, 0.717) is 22.0 Å². The fourth-order valence-electron chi connectivity index (χ4n) is 4.09. The first-order chi connectivity index (χ1) is 15.6. The first-order valence-electron chi connectivity index (χ1n) is 10.6. The van der Waals surface area contributed by atoms with Gasteiger partial charge in [0.25, 0.3) is 0 Å². The SMILES string of the molecule is O=C1c2cc(-c3ccc(N4CCOCC4)cc3)c(Cl)cc2NC(O)C1Oc1ccccc1. The summed E-state index contributed by atoms with van der Waals surface area (Å²) in [6.45, 7) is 3.19. The molecule has 2 heterocycles. The highest BCUT2D eigenvalue weighted by Crippen LogP contribution is 2.37.